The second-order valence-electron chi connectivity index (χ2n) is 4.13. The van der Waals surface area contributed by atoms with Gasteiger partial charge in [-0.05, 0) is 18.6 Å². The first-order chi connectivity index (χ1) is 9.24. The first-order valence-electron chi connectivity index (χ1n) is 6.48. The van der Waals surface area contributed by atoms with Crippen LogP contribution < -0.4 is 5.43 Å². The van der Waals surface area contributed by atoms with E-state index in [2.05, 4.69) is 17.5 Å². The zero-order chi connectivity index (χ0) is 13.9. The Hall–Kier alpha value is -1.07. The monoisotopic (exact) mass is 296 g/mol. The van der Waals surface area contributed by atoms with Crippen LogP contribution in [0.2, 0.25) is 0 Å². The lowest BCUT2D eigenvalue weighted by Gasteiger charge is -2.02. The average molecular weight is 296 g/mol. The number of nitrogens with zero attached hydrogens (tertiary/aromatic N) is 1. The van der Waals surface area contributed by atoms with Crippen molar-refractivity contribution in [3.8, 4) is 5.75 Å². The molecule has 1 aromatic carbocycles. The van der Waals surface area contributed by atoms with E-state index in [-0.39, 0.29) is 5.75 Å². The number of hydrazone groups is 1. The fourth-order valence-corrected chi connectivity index (χ4v) is 2.43. The van der Waals surface area contributed by atoms with Gasteiger partial charge < -0.3 is 5.11 Å². The highest BCUT2D eigenvalue weighted by Gasteiger charge is 1.97. The van der Waals surface area contributed by atoms with E-state index in [0.29, 0.717) is 9.88 Å². The highest BCUT2D eigenvalue weighted by Crippen LogP contribution is 2.12. The van der Waals surface area contributed by atoms with Gasteiger partial charge in [-0.1, -0.05) is 62.3 Å². The fourth-order valence-electron chi connectivity index (χ4n) is 1.48. The van der Waals surface area contributed by atoms with Gasteiger partial charge in [0.15, 0.2) is 4.32 Å². The first kappa shape index (κ1) is 16.0. The van der Waals surface area contributed by atoms with Crippen molar-refractivity contribution in [2.24, 2.45) is 5.10 Å². The molecule has 1 aromatic rings. The summed E-state index contributed by atoms with van der Waals surface area (Å²) in [7, 11) is 0. The number of benzene rings is 1. The molecule has 0 spiro atoms. The van der Waals surface area contributed by atoms with Gasteiger partial charge in [-0.25, -0.2) is 0 Å². The Morgan fingerprint density at radius 2 is 2.16 bits per heavy atom. The number of aromatic hydroxyl groups is 1. The Labute approximate surface area is 124 Å². The van der Waals surface area contributed by atoms with E-state index in [1.807, 2.05) is 6.07 Å². The molecule has 1 rings (SSSR count). The van der Waals surface area contributed by atoms with Crippen molar-refractivity contribution < 1.29 is 5.11 Å². The summed E-state index contributed by atoms with van der Waals surface area (Å²) in [6, 6.07) is 7.04. The van der Waals surface area contributed by atoms with Crippen molar-refractivity contribution in [1.82, 2.24) is 5.43 Å². The lowest BCUT2D eigenvalue weighted by atomic mass is 10.2. The SMILES string of the molecule is CCCCCCSC(=S)N/N=C/c1ccccc1O. The van der Waals surface area contributed by atoms with Crippen molar-refractivity contribution >= 4 is 34.5 Å². The van der Waals surface area contributed by atoms with Crippen LogP contribution in [0.5, 0.6) is 5.75 Å². The molecule has 19 heavy (non-hydrogen) atoms. The van der Waals surface area contributed by atoms with Gasteiger partial charge in [0.05, 0.1) is 6.21 Å². The van der Waals surface area contributed by atoms with Gasteiger partial charge in [-0.2, -0.15) is 5.10 Å². The van der Waals surface area contributed by atoms with Crippen LogP contribution in [0.15, 0.2) is 29.4 Å². The van der Waals surface area contributed by atoms with Gasteiger partial charge in [-0.3, -0.25) is 5.43 Å². The van der Waals surface area contributed by atoms with Gasteiger partial charge >= 0.3 is 0 Å². The molecule has 104 valence electrons. The number of hydrogen-bond donors (Lipinski definition) is 2. The zero-order valence-corrected chi connectivity index (χ0v) is 12.8. The third-order valence-electron chi connectivity index (χ3n) is 2.53. The molecule has 0 heterocycles. The Morgan fingerprint density at radius 3 is 2.89 bits per heavy atom. The van der Waals surface area contributed by atoms with Crippen LogP contribution in [-0.2, 0) is 0 Å². The molecule has 0 fully saturated rings. The molecule has 0 saturated carbocycles. The maximum absolute atomic E-state index is 9.54. The predicted molar refractivity (Wildman–Crippen MR) is 88.0 cm³/mol. The molecule has 0 bridgehead atoms. The molecule has 0 aliphatic heterocycles. The van der Waals surface area contributed by atoms with E-state index < -0.39 is 0 Å². The predicted octanol–water partition coefficient (Wildman–Crippen LogP) is 3.91. The highest BCUT2D eigenvalue weighted by atomic mass is 32.2. The molecule has 0 saturated heterocycles. The van der Waals surface area contributed by atoms with Crippen molar-refractivity contribution in [2.75, 3.05) is 5.75 Å². The van der Waals surface area contributed by atoms with E-state index >= 15 is 0 Å². The minimum absolute atomic E-state index is 0.214. The number of thioether (sulfide) groups is 1. The Kier molecular flexibility index (Phi) is 8.25. The van der Waals surface area contributed by atoms with E-state index in [9.17, 15) is 5.11 Å². The minimum atomic E-state index is 0.214. The Bertz CT molecular complexity index is 422. The molecule has 0 atom stereocenters. The van der Waals surface area contributed by atoms with Crippen molar-refractivity contribution in [1.29, 1.82) is 0 Å². The van der Waals surface area contributed by atoms with Crippen LogP contribution >= 0.6 is 24.0 Å². The number of unbranched alkanes of at least 4 members (excludes halogenated alkanes) is 3. The van der Waals surface area contributed by atoms with Gasteiger partial charge in [0.2, 0.25) is 0 Å². The number of para-hydroxylation sites is 1. The van der Waals surface area contributed by atoms with Gasteiger partial charge in [0.1, 0.15) is 5.75 Å². The molecule has 0 amide bonds. The van der Waals surface area contributed by atoms with Gasteiger partial charge in [0, 0.05) is 11.3 Å². The van der Waals surface area contributed by atoms with Gasteiger partial charge in [0.25, 0.3) is 0 Å². The zero-order valence-electron chi connectivity index (χ0n) is 11.1. The third kappa shape index (κ3) is 7.18. The summed E-state index contributed by atoms with van der Waals surface area (Å²) in [5.41, 5.74) is 3.47. The first-order valence-corrected chi connectivity index (χ1v) is 7.87. The second-order valence-corrected chi connectivity index (χ2v) is 5.90. The number of hydrogen-bond acceptors (Lipinski definition) is 4. The Balaban J connectivity index is 2.21. The van der Waals surface area contributed by atoms with E-state index in [1.165, 1.54) is 25.7 Å². The van der Waals surface area contributed by atoms with Crippen molar-refractivity contribution in [3.05, 3.63) is 29.8 Å². The molecule has 0 aromatic heterocycles. The lowest BCUT2D eigenvalue weighted by molar-refractivity contribution is 0.474. The summed E-state index contributed by atoms with van der Waals surface area (Å²) in [5, 5.41) is 13.6. The maximum atomic E-state index is 9.54. The number of rotatable bonds is 7. The summed E-state index contributed by atoms with van der Waals surface area (Å²) in [5.74, 6) is 1.24. The van der Waals surface area contributed by atoms with Crippen LogP contribution in [0.25, 0.3) is 0 Å². The molecule has 0 aliphatic carbocycles. The van der Waals surface area contributed by atoms with Crippen molar-refractivity contribution in [3.63, 3.8) is 0 Å². The third-order valence-corrected chi connectivity index (χ3v) is 3.82. The minimum Gasteiger partial charge on any atom is -0.507 e. The summed E-state index contributed by atoms with van der Waals surface area (Å²) in [6.45, 7) is 2.20. The van der Waals surface area contributed by atoms with Crippen LogP contribution in [0.3, 0.4) is 0 Å². The molecule has 2 N–H and O–H groups in total. The molecular weight excluding hydrogens is 276 g/mol. The number of thiocarbonyl (C=S) groups is 1. The number of phenolic OH excluding ortho intramolecular Hbond substituents is 1. The molecule has 3 nitrogen and oxygen atoms in total. The van der Waals surface area contributed by atoms with Crippen molar-refractivity contribution in [2.45, 2.75) is 32.6 Å². The maximum Gasteiger partial charge on any atom is 0.154 e. The topological polar surface area (TPSA) is 44.6 Å². The highest BCUT2D eigenvalue weighted by molar-refractivity contribution is 8.22. The molecule has 5 heteroatoms. The summed E-state index contributed by atoms with van der Waals surface area (Å²) < 4.78 is 0.670. The normalized spacial score (nSPS) is 10.8. The van der Waals surface area contributed by atoms with E-state index in [4.69, 9.17) is 12.2 Å². The average Bonchev–Trinajstić information content (AvgIpc) is 2.41. The standard InChI is InChI=1S/C14H20N2OS2/c1-2-3-4-7-10-19-14(18)16-15-11-12-8-5-6-9-13(12)17/h5-6,8-9,11,17H,2-4,7,10H2,1H3,(H,16,18)/b15-11+. The van der Waals surface area contributed by atoms with Crippen LogP contribution in [-0.4, -0.2) is 21.4 Å². The molecule has 0 aliphatic rings. The summed E-state index contributed by atoms with van der Waals surface area (Å²) in [6.07, 6.45) is 6.54. The smallest absolute Gasteiger partial charge is 0.154 e. The van der Waals surface area contributed by atoms with Crippen LogP contribution in [0.4, 0.5) is 0 Å². The molecule has 0 radical (unpaired) electrons. The lowest BCUT2D eigenvalue weighted by Crippen LogP contribution is -2.11. The summed E-state index contributed by atoms with van der Waals surface area (Å²) in [4.78, 5) is 0. The summed E-state index contributed by atoms with van der Waals surface area (Å²) >= 11 is 6.77. The van der Waals surface area contributed by atoms with Crippen LogP contribution in [0, 0.1) is 0 Å². The van der Waals surface area contributed by atoms with E-state index in [0.717, 1.165) is 5.75 Å². The van der Waals surface area contributed by atoms with Crippen LogP contribution in [0.1, 0.15) is 38.2 Å². The number of nitrogens with one attached hydrogen (secondary N) is 1. The fraction of sp³-hybridized carbons (Fsp3) is 0.429. The Morgan fingerprint density at radius 1 is 1.37 bits per heavy atom. The van der Waals surface area contributed by atoms with Gasteiger partial charge in [-0.15, -0.1) is 0 Å². The number of phenols is 1. The van der Waals surface area contributed by atoms with E-state index in [1.54, 1.807) is 36.2 Å². The molecule has 0 unspecified atom stereocenters. The molecular formula is C14H20N2OS2. The largest absolute Gasteiger partial charge is 0.507 e. The second kappa shape index (κ2) is 9.81. The quantitative estimate of drug-likeness (QED) is 0.346.